The van der Waals surface area contributed by atoms with Crippen molar-refractivity contribution in [2.45, 2.75) is 6.92 Å². The average Bonchev–Trinajstić information content (AvgIpc) is 3.24. The number of fused-ring (bicyclic) bond motifs is 1. The van der Waals surface area contributed by atoms with Crippen molar-refractivity contribution in [2.75, 3.05) is 42.9 Å². The standard InChI is InChI=1S/C26H26N4O2S/c1-18-6-11-21-24(16-18)33-26(28-21)19-7-9-20(10-8-19)27-25(32)17-29-12-14-30(15-13-29)22-4-2-3-5-23(22)31/h2-11,16,31H,12-15,17H2,1H3,(H,27,32). The molecule has 6 nitrogen and oxygen atoms in total. The highest BCUT2D eigenvalue weighted by molar-refractivity contribution is 7.21. The van der Waals surface area contributed by atoms with Gasteiger partial charge in [0.05, 0.1) is 22.4 Å². The lowest BCUT2D eigenvalue weighted by molar-refractivity contribution is -0.117. The molecule has 1 saturated heterocycles. The summed E-state index contributed by atoms with van der Waals surface area (Å²) in [6.07, 6.45) is 0. The molecule has 0 bridgehead atoms. The highest BCUT2D eigenvalue weighted by atomic mass is 32.1. The van der Waals surface area contributed by atoms with E-state index in [1.54, 1.807) is 17.4 Å². The first kappa shape index (κ1) is 21.4. The van der Waals surface area contributed by atoms with E-state index in [0.717, 1.165) is 53.6 Å². The first-order valence-electron chi connectivity index (χ1n) is 11.1. The van der Waals surface area contributed by atoms with Gasteiger partial charge in [-0.05, 0) is 61.0 Å². The second-order valence-electron chi connectivity index (χ2n) is 8.37. The topological polar surface area (TPSA) is 68.7 Å². The summed E-state index contributed by atoms with van der Waals surface area (Å²) in [4.78, 5) is 21.6. The van der Waals surface area contributed by atoms with E-state index < -0.39 is 0 Å². The smallest absolute Gasteiger partial charge is 0.238 e. The van der Waals surface area contributed by atoms with Gasteiger partial charge in [-0.1, -0.05) is 18.2 Å². The molecule has 5 rings (SSSR count). The summed E-state index contributed by atoms with van der Waals surface area (Å²) in [6.45, 7) is 5.55. The van der Waals surface area contributed by atoms with Crippen LogP contribution in [0.3, 0.4) is 0 Å². The molecule has 1 amide bonds. The first-order valence-corrected chi connectivity index (χ1v) is 11.9. The van der Waals surface area contributed by atoms with E-state index in [1.807, 2.05) is 42.5 Å². The molecule has 1 aliphatic heterocycles. The Morgan fingerprint density at radius 3 is 2.55 bits per heavy atom. The number of aromatic hydroxyl groups is 1. The number of aryl methyl sites for hydroxylation is 1. The average molecular weight is 459 g/mol. The maximum Gasteiger partial charge on any atom is 0.238 e. The van der Waals surface area contributed by atoms with E-state index in [4.69, 9.17) is 4.98 Å². The molecule has 2 heterocycles. The summed E-state index contributed by atoms with van der Waals surface area (Å²) in [5, 5.41) is 14.0. The van der Waals surface area contributed by atoms with Crippen molar-refractivity contribution in [3.8, 4) is 16.3 Å². The Bertz CT molecular complexity index is 1280. The molecule has 3 aromatic carbocycles. The number of hydrogen-bond acceptors (Lipinski definition) is 6. The molecule has 0 spiro atoms. The van der Waals surface area contributed by atoms with Gasteiger partial charge in [-0.15, -0.1) is 11.3 Å². The predicted octanol–water partition coefficient (Wildman–Crippen LogP) is 4.74. The van der Waals surface area contributed by atoms with Crippen molar-refractivity contribution in [3.63, 3.8) is 0 Å². The van der Waals surface area contributed by atoms with Gasteiger partial charge < -0.3 is 15.3 Å². The second-order valence-corrected chi connectivity index (χ2v) is 9.40. The Morgan fingerprint density at radius 1 is 1.03 bits per heavy atom. The minimum absolute atomic E-state index is 0.0192. The molecule has 0 radical (unpaired) electrons. The Hall–Kier alpha value is -3.42. The quantitative estimate of drug-likeness (QED) is 0.452. The molecular weight excluding hydrogens is 432 g/mol. The molecule has 1 aliphatic rings. The summed E-state index contributed by atoms with van der Waals surface area (Å²) >= 11 is 1.68. The number of nitrogens with zero attached hydrogens (tertiary/aromatic N) is 3. The number of benzene rings is 3. The van der Waals surface area contributed by atoms with E-state index in [2.05, 4.69) is 40.2 Å². The molecule has 168 valence electrons. The Kier molecular flexibility index (Phi) is 5.98. The molecule has 7 heteroatoms. The molecule has 1 fully saturated rings. The monoisotopic (exact) mass is 458 g/mol. The van der Waals surface area contributed by atoms with Gasteiger partial charge in [0.1, 0.15) is 10.8 Å². The normalized spacial score (nSPS) is 14.5. The van der Waals surface area contributed by atoms with E-state index in [-0.39, 0.29) is 5.91 Å². The summed E-state index contributed by atoms with van der Waals surface area (Å²) in [5.74, 6) is 0.280. The number of phenols is 1. The Labute approximate surface area is 197 Å². The van der Waals surface area contributed by atoms with Crippen LogP contribution in [0.2, 0.25) is 0 Å². The fraction of sp³-hybridized carbons (Fsp3) is 0.231. The van der Waals surface area contributed by atoms with Gasteiger partial charge in [-0.3, -0.25) is 9.69 Å². The number of para-hydroxylation sites is 2. The van der Waals surface area contributed by atoms with Crippen molar-refractivity contribution in [1.82, 2.24) is 9.88 Å². The molecule has 0 aliphatic carbocycles. The molecule has 1 aromatic heterocycles. The number of carbonyl (C=O) groups is 1. The number of piperazine rings is 1. The number of phenolic OH excluding ortho intramolecular Hbond substituents is 1. The van der Waals surface area contributed by atoms with E-state index >= 15 is 0 Å². The van der Waals surface area contributed by atoms with Crippen molar-refractivity contribution in [1.29, 1.82) is 0 Å². The van der Waals surface area contributed by atoms with Crippen molar-refractivity contribution in [2.24, 2.45) is 0 Å². The Morgan fingerprint density at radius 2 is 1.79 bits per heavy atom. The summed E-state index contributed by atoms with van der Waals surface area (Å²) in [5.41, 5.74) is 4.93. The fourth-order valence-electron chi connectivity index (χ4n) is 4.13. The zero-order valence-corrected chi connectivity index (χ0v) is 19.3. The molecular formula is C26H26N4O2S. The molecule has 2 N–H and O–H groups in total. The van der Waals surface area contributed by atoms with Crippen LogP contribution in [0.4, 0.5) is 11.4 Å². The van der Waals surface area contributed by atoms with Crippen LogP contribution in [0, 0.1) is 6.92 Å². The van der Waals surface area contributed by atoms with E-state index in [0.29, 0.717) is 12.3 Å². The zero-order valence-electron chi connectivity index (χ0n) is 18.5. The number of amides is 1. The van der Waals surface area contributed by atoms with Gasteiger partial charge in [-0.25, -0.2) is 4.98 Å². The SMILES string of the molecule is Cc1ccc2nc(-c3ccc(NC(=O)CN4CCN(c5ccccc5O)CC4)cc3)sc2c1. The Balaban J connectivity index is 1.15. The van der Waals surface area contributed by atoms with E-state index in [1.165, 1.54) is 10.3 Å². The fourth-order valence-corrected chi connectivity index (χ4v) is 5.20. The number of thiazole rings is 1. The number of aromatic nitrogens is 1. The van der Waals surface area contributed by atoms with Crippen molar-refractivity contribution in [3.05, 3.63) is 72.3 Å². The van der Waals surface area contributed by atoms with Crippen LogP contribution in [-0.4, -0.2) is 53.6 Å². The van der Waals surface area contributed by atoms with Gasteiger partial charge in [0, 0.05) is 37.4 Å². The third-order valence-electron chi connectivity index (χ3n) is 5.92. The third-order valence-corrected chi connectivity index (χ3v) is 6.99. The van der Waals surface area contributed by atoms with Crippen LogP contribution in [-0.2, 0) is 4.79 Å². The highest BCUT2D eigenvalue weighted by Crippen LogP contribution is 2.31. The van der Waals surface area contributed by atoms with Gasteiger partial charge in [0.25, 0.3) is 0 Å². The van der Waals surface area contributed by atoms with Crippen LogP contribution in [0.25, 0.3) is 20.8 Å². The van der Waals surface area contributed by atoms with Crippen LogP contribution in [0.1, 0.15) is 5.56 Å². The van der Waals surface area contributed by atoms with Gasteiger partial charge in [-0.2, -0.15) is 0 Å². The molecule has 0 saturated carbocycles. The van der Waals surface area contributed by atoms with Crippen LogP contribution >= 0.6 is 11.3 Å². The summed E-state index contributed by atoms with van der Waals surface area (Å²) in [7, 11) is 0. The minimum atomic E-state index is -0.0192. The second kappa shape index (κ2) is 9.21. The number of anilines is 2. The maximum atomic E-state index is 12.6. The van der Waals surface area contributed by atoms with Gasteiger partial charge in [0.2, 0.25) is 5.91 Å². The highest BCUT2D eigenvalue weighted by Gasteiger charge is 2.20. The van der Waals surface area contributed by atoms with Crippen LogP contribution in [0.15, 0.2) is 66.7 Å². The van der Waals surface area contributed by atoms with Gasteiger partial charge in [0.15, 0.2) is 0 Å². The van der Waals surface area contributed by atoms with Crippen LogP contribution in [0.5, 0.6) is 5.75 Å². The minimum Gasteiger partial charge on any atom is -0.506 e. The van der Waals surface area contributed by atoms with Gasteiger partial charge >= 0.3 is 0 Å². The number of hydrogen-bond donors (Lipinski definition) is 2. The predicted molar refractivity (Wildman–Crippen MR) is 135 cm³/mol. The largest absolute Gasteiger partial charge is 0.506 e. The molecule has 0 atom stereocenters. The molecule has 0 unspecified atom stereocenters. The zero-order chi connectivity index (χ0) is 22.8. The third kappa shape index (κ3) is 4.84. The number of rotatable bonds is 5. The lowest BCUT2D eigenvalue weighted by Crippen LogP contribution is -2.48. The maximum absolute atomic E-state index is 12.6. The summed E-state index contributed by atoms with van der Waals surface area (Å²) in [6, 6.07) is 21.6. The lowest BCUT2D eigenvalue weighted by Gasteiger charge is -2.35. The lowest BCUT2D eigenvalue weighted by atomic mass is 10.2. The van der Waals surface area contributed by atoms with E-state index in [9.17, 15) is 9.90 Å². The van der Waals surface area contributed by atoms with Crippen LogP contribution < -0.4 is 10.2 Å². The van der Waals surface area contributed by atoms with Crippen molar-refractivity contribution < 1.29 is 9.90 Å². The number of nitrogens with one attached hydrogen (secondary N) is 1. The van der Waals surface area contributed by atoms with Crippen molar-refractivity contribution >= 4 is 38.8 Å². The first-order chi connectivity index (χ1) is 16.0. The summed E-state index contributed by atoms with van der Waals surface area (Å²) < 4.78 is 1.19. The molecule has 33 heavy (non-hydrogen) atoms. The number of carbonyl (C=O) groups excluding carboxylic acids is 1. The molecule has 4 aromatic rings.